The zero-order valence-electron chi connectivity index (χ0n) is 6.07. The minimum Gasteiger partial charge on any atom is -0.354 e. The van der Waals surface area contributed by atoms with E-state index in [1.807, 2.05) is 13.2 Å². The second kappa shape index (κ2) is 3.10. The lowest BCUT2D eigenvalue weighted by molar-refractivity contribution is 0.589. The molecule has 0 unspecified atom stereocenters. The molecule has 0 amide bonds. The van der Waals surface area contributed by atoms with E-state index >= 15 is 0 Å². The molecule has 1 heterocycles. The molecule has 0 radical (unpaired) electrons. The molecule has 0 aliphatic carbocycles. The van der Waals surface area contributed by atoms with Gasteiger partial charge in [-0.25, -0.2) is 4.39 Å². The van der Waals surface area contributed by atoms with E-state index < -0.39 is 0 Å². The standard InChI is InChI=1S/C7H10FNS/c1-3-5-4-9-7(10-2)6(5)8/h4,9H,3H2,1-2H3. The molecule has 1 rings (SSSR count). The molecule has 1 aromatic rings. The maximum Gasteiger partial charge on any atom is 0.157 e. The molecule has 10 heavy (non-hydrogen) atoms. The summed E-state index contributed by atoms with van der Waals surface area (Å²) >= 11 is 1.40. The van der Waals surface area contributed by atoms with E-state index in [0.717, 1.165) is 12.0 Å². The normalized spacial score (nSPS) is 10.3. The Morgan fingerprint density at radius 1 is 1.70 bits per heavy atom. The van der Waals surface area contributed by atoms with E-state index in [0.29, 0.717) is 5.03 Å². The van der Waals surface area contributed by atoms with Gasteiger partial charge in [0.25, 0.3) is 0 Å². The van der Waals surface area contributed by atoms with E-state index in [-0.39, 0.29) is 5.82 Å². The minimum absolute atomic E-state index is 0.0880. The molecule has 0 aliphatic heterocycles. The van der Waals surface area contributed by atoms with E-state index in [4.69, 9.17) is 0 Å². The fourth-order valence-electron chi connectivity index (χ4n) is 0.831. The van der Waals surface area contributed by atoms with Gasteiger partial charge in [-0.15, -0.1) is 11.8 Å². The van der Waals surface area contributed by atoms with Gasteiger partial charge in [-0.05, 0) is 12.7 Å². The molecule has 0 aliphatic rings. The van der Waals surface area contributed by atoms with Crippen LogP contribution in [0.2, 0.25) is 0 Å². The summed E-state index contributed by atoms with van der Waals surface area (Å²) in [5, 5.41) is 0.636. The van der Waals surface area contributed by atoms with Crippen LogP contribution in [0.5, 0.6) is 0 Å². The molecule has 0 fully saturated rings. The molecular formula is C7H10FNS. The van der Waals surface area contributed by atoms with Crippen molar-refractivity contribution in [1.82, 2.24) is 4.98 Å². The molecule has 3 heteroatoms. The van der Waals surface area contributed by atoms with E-state index in [1.165, 1.54) is 11.8 Å². The number of aromatic nitrogens is 1. The third-order valence-corrected chi connectivity index (χ3v) is 2.15. The van der Waals surface area contributed by atoms with Crippen molar-refractivity contribution in [3.63, 3.8) is 0 Å². The van der Waals surface area contributed by atoms with Crippen LogP contribution in [0.15, 0.2) is 11.2 Å². The van der Waals surface area contributed by atoms with Crippen molar-refractivity contribution in [1.29, 1.82) is 0 Å². The molecule has 1 nitrogen and oxygen atoms in total. The van der Waals surface area contributed by atoms with Gasteiger partial charge in [-0.1, -0.05) is 6.92 Å². The molecule has 0 saturated heterocycles. The van der Waals surface area contributed by atoms with Gasteiger partial charge in [0.2, 0.25) is 0 Å². The van der Waals surface area contributed by atoms with Gasteiger partial charge < -0.3 is 4.98 Å². The molecule has 0 bridgehead atoms. The number of rotatable bonds is 2. The highest BCUT2D eigenvalue weighted by molar-refractivity contribution is 7.98. The fourth-order valence-corrected chi connectivity index (χ4v) is 1.32. The maximum absolute atomic E-state index is 13.0. The highest BCUT2D eigenvalue weighted by atomic mass is 32.2. The third-order valence-electron chi connectivity index (χ3n) is 1.44. The highest BCUT2D eigenvalue weighted by Gasteiger charge is 2.06. The number of halogens is 1. The van der Waals surface area contributed by atoms with Crippen LogP contribution >= 0.6 is 11.8 Å². The summed E-state index contributed by atoms with van der Waals surface area (Å²) in [5.41, 5.74) is 0.768. The lowest BCUT2D eigenvalue weighted by atomic mass is 10.3. The Kier molecular flexibility index (Phi) is 2.38. The second-order valence-corrected chi connectivity index (χ2v) is 2.83. The number of hydrogen-bond donors (Lipinski definition) is 1. The van der Waals surface area contributed by atoms with Gasteiger partial charge in [0.05, 0.1) is 0 Å². The highest BCUT2D eigenvalue weighted by Crippen LogP contribution is 2.20. The van der Waals surface area contributed by atoms with Gasteiger partial charge >= 0.3 is 0 Å². The quantitative estimate of drug-likeness (QED) is 0.655. The van der Waals surface area contributed by atoms with Crippen LogP contribution in [0.1, 0.15) is 12.5 Å². The van der Waals surface area contributed by atoms with Crippen molar-refractivity contribution < 1.29 is 4.39 Å². The van der Waals surface area contributed by atoms with Crippen LogP contribution in [0, 0.1) is 5.82 Å². The fraction of sp³-hybridized carbons (Fsp3) is 0.429. The number of hydrogen-bond acceptors (Lipinski definition) is 1. The van der Waals surface area contributed by atoms with Gasteiger partial charge in [0.15, 0.2) is 5.82 Å². The summed E-state index contributed by atoms with van der Waals surface area (Å²) in [5.74, 6) is -0.0880. The Balaban J connectivity index is 2.97. The number of thioether (sulfide) groups is 1. The lowest BCUT2D eigenvalue weighted by Gasteiger charge is -1.90. The molecule has 0 aromatic carbocycles. The minimum atomic E-state index is -0.0880. The average molecular weight is 159 g/mol. The summed E-state index contributed by atoms with van der Waals surface area (Å²) < 4.78 is 13.0. The zero-order valence-corrected chi connectivity index (χ0v) is 6.89. The van der Waals surface area contributed by atoms with Crippen LogP contribution in [0.3, 0.4) is 0 Å². The smallest absolute Gasteiger partial charge is 0.157 e. The average Bonchev–Trinajstić information content (AvgIpc) is 2.30. The molecule has 0 atom stereocenters. The number of nitrogens with one attached hydrogen (secondary N) is 1. The lowest BCUT2D eigenvalue weighted by Crippen LogP contribution is -1.79. The molecular weight excluding hydrogens is 149 g/mol. The molecule has 56 valence electrons. The van der Waals surface area contributed by atoms with Crippen LogP contribution in [0.4, 0.5) is 4.39 Å². The summed E-state index contributed by atoms with van der Waals surface area (Å²) in [7, 11) is 0. The first kappa shape index (κ1) is 7.66. The van der Waals surface area contributed by atoms with Crippen molar-refractivity contribution in [2.24, 2.45) is 0 Å². The molecule has 1 aromatic heterocycles. The summed E-state index contributed by atoms with van der Waals surface area (Å²) in [6, 6.07) is 0. The summed E-state index contributed by atoms with van der Waals surface area (Å²) in [6.07, 6.45) is 4.33. The van der Waals surface area contributed by atoms with E-state index in [9.17, 15) is 4.39 Å². The number of H-pyrrole nitrogens is 1. The Morgan fingerprint density at radius 2 is 2.40 bits per heavy atom. The van der Waals surface area contributed by atoms with Gasteiger partial charge in [0, 0.05) is 11.8 Å². The maximum atomic E-state index is 13.0. The van der Waals surface area contributed by atoms with E-state index in [1.54, 1.807) is 6.20 Å². The number of aryl methyl sites for hydroxylation is 1. The Morgan fingerprint density at radius 3 is 2.70 bits per heavy atom. The number of aromatic amines is 1. The van der Waals surface area contributed by atoms with Gasteiger partial charge in [-0.2, -0.15) is 0 Å². The largest absolute Gasteiger partial charge is 0.354 e. The Bertz CT molecular complexity index is 198. The predicted octanol–water partition coefficient (Wildman–Crippen LogP) is 2.44. The second-order valence-electron chi connectivity index (χ2n) is 2.01. The van der Waals surface area contributed by atoms with Gasteiger partial charge in [-0.3, -0.25) is 0 Å². The first-order valence-corrected chi connectivity index (χ1v) is 4.41. The molecule has 0 saturated carbocycles. The van der Waals surface area contributed by atoms with Gasteiger partial charge in [0.1, 0.15) is 5.03 Å². The first-order chi connectivity index (χ1) is 4.79. The van der Waals surface area contributed by atoms with Crippen LogP contribution < -0.4 is 0 Å². The monoisotopic (exact) mass is 159 g/mol. The zero-order chi connectivity index (χ0) is 7.56. The van der Waals surface area contributed by atoms with Crippen LogP contribution in [0.25, 0.3) is 0 Å². The van der Waals surface area contributed by atoms with Crippen molar-refractivity contribution in [2.75, 3.05) is 6.26 Å². The summed E-state index contributed by atoms with van der Waals surface area (Å²) in [4.78, 5) is 2.86. The first-order valence-electron chi connectivity index (χ1n) is 3.19. The van der Waals surface area contributed by atoms with Crippen molar-refractivity contribution in [3.8, 4) is 0 Å². The Labute approximate surface area is 64.0 Å². The molecule has 1 N–H and O–H groups in total. The van der Waals surface area contributed by atoms with Crippen molar-refractivity contribution in [3.05, 3.63) is 17.6 Å². The van der Waals surface area contributed by atoms with Crippen LogP contribution in [-0.2, 0) is 6.42 Å². The van der Waals surface area contributed by atoms with Crippen molar-refractivity contribution >= 4 is 11.8 Å². The summed E-state index contributed by atoms with van der Waals surface area (Å²) in [6.45, 7) is 1.94. The van der Waals surface area contributed by atoms with E-state index in [2.05, 4.69) is 4.98 Å². The van der Waals surface area contributed by atoms with Crippen molar-refractivity contribution in [2.45, 2.75) is 18.4 Å². The SMILES string of the molecule is CCc1c[nH]c(SC)c1F. The Hall–Kier alpha value is -0.440. The predicted molar refractivity (Wildman–Crippen MR) is 41.9 cm³/mol. The van der Waals surface area contributed by atoms with Crippen LogP contribution in [-0.4, -0.2) is 11.2 Å². The third kappa shape index (κ3) is 1.19. The topological polar surface area (TPSA) is 15.8 Å². The molecule has 0 spiro atoms.